The van der Waals surface area contributed by atoms with Crippen LogP contribution in [0, 0.1) is 11.8 Å². The number of hydrogen-bond acceptors (Lipinski definition) is 3. The Balaban J connectivity index is 2.02. The van der Waals surface area contributed by atoms with Crippen molar-refractivity contribution in [2.24, 2.45) is 17.6 Å². The summed E-state index contributed by atoms with van der Waals surface area (Å²) in [5.41, 5.74) is 8.67. The summed E-state index contributed by atoms with van der Waals surface area (Å²) in [5.74, 6) is 2.06. The lowest BCUT2D eigenvalue weighted by atomic mass is 9.90. The largest absolute Gasteiger partial charge is 0.378 e. The monoisotopic (exact) mass is 289 g/mol. The SMILES string of the molecule is CC1CC(C)CN(CC(CN)c2ccc(N(C)C)cc2)C1. The number of hydrogen-bond donors (Lipinski definition) is 1. The van der Waals surface area contributed by atoms with Crippen LogP contribution in [0.25, 0.3) is 0 Å². The molecule has 1 fully saturated rings. The Morgan fingerprint density at radius 1 is 1.14 bits per heavy atom. The van der Waals surface area contributed by atoms with E-state index in [1.165, 1.54) is 30.8 Å². The summed E-state index contributed by atoms with van der Waals surface area (Å²) in [6.45, 7) is 8.98. The van der Waals surface area contributed by atoms with Gasteiger partial charge in [0.1, 0.15) is 0 Å². The molecule has 3 heteroatoms. The molecule has 1 saturated heterocycles. The molecular formula is C18H31N3. The third kappa shape index (κ3) is 4.45. The number of anilines is 1. The molecule has 2 rings (SSSR count). The molecule has 0 saturated carbocycles. The summed E-state index contributed by atoms with van der Waals surface area (Å²) in [6, 6.07) is 8.87. The highest BCUT2D eigenvalue weighted by atomic mass is 15.1. The van der Waals surface area contributed by atoms with Gasteiger partial charge in [-0.25, -0.2) is 0 Å². The van der Waals surface area contributed by atoms with Gasteiger partial charge in [0, 0.05) is 51.9 Å². The van der Waals surface area contributed by atoms with Gasteiger partial charge in [-0.2, -0.15) is 0 Å². The average Bonchev–Trinajstić information content (AvgIpc) is 2.44. The van der Waals surface area contributed by atoms with Crippen LogP contribution in [0.4, 0.5) is 5.69 Å². The van der Waals surface area contributed by atoms with Crippen LogP contribution in [0.1, 0.15) is 31.7 Å². The van der Waals surface area contributed by atoms with Crippen LogP contribution in [0.3, 0.4) is 0 Å². The van der Waals surface area contributed by atoms with E-state index in [1.54, 1.807) is 0 Å². The number of piperidine rings is 1. The summed E-state index contributed by atoms with van der Waals surface area (Å²) >= 11 is 0. The first-order chi connectivity index (χ1) is 9.99. The summed E-state index contributed by atoms with van der Waals surface area (Å²) in [4.78, 5) is 4.74. The number of benzene rings is 1. The predicted molar refractivity (Wildman–Crippen MR) is 91.9 cm³/mol. The first kappa shape index (κ1) is 16.3. The molecule has 0 aromatic heterocycles. The fourth-order valence-electron chi connectivity index (χ4n) is 3.61. The molecular weight excluding hydrogens is 258 g/mol. The zero-order chi connectivity index (χ0) is 15.4. The van der Waals surface area contributed by atoms with Crippen molar-refractivity contribution in [2.45, 2.75) is 26.2 Å². The number of likely N-dealkylation sites (tertiary alicyclic amines) is 1. The smallest absolute Gasteiger partial charge is 0.0361 e. The van der Waals surface area contributed by atoms with Crippen molar-refractivity contribution < 1.29 is 0 Å². The molecule has 21 heavy (non-hydrogen) atoms. The molecule has 3 atom stereocenters. The van der Waals surface area contributed by atoms with Crippen molar-refractivity contribution in [1.82, 2.24) is 4.90 Å². The van der Waals surface area contributed by atoms with Gasteiger partial charge in [0.25, 0.3) is 0 Å². The molecule has 0 spiro atoms. The summed E-state index contributed by atoms with van der Waals surface area (Å²) in [7, 11) is 4.15. The van der Waals surface area contributed by atoms with Crippen molar-refractivity contribution in [3.05, 3.63) is 29.8 Å². The molecule has 1 aliphatic heterocycles. The van der Waals surface area contributed by atoms with Gasteiger partial charge in [-0.1, -0.05) is 26.0 Å². The number of rotatable bonds is 5. The normalized spacial score (nSPS) is 24.8. The van der Waals surface area contributed by atoms with E-state index in [1.807, 2.05) is 0 Å². The summed E-state index contributed by atoms with van der Waals surface area (Å²) in [5, 5.41) is 0. The van der Waals surface area contributed by atoms with Crippen molar-refractivity contribution in [3.8, 4) is 0 Å². The van der Waals surface area contributed by atoms with Crippen molar-refractivity contribution in [1.29, 1.82) is 0 Å². The first-order valence-electron chi connectivity index (χ1n) is 8.19. The fraction of sp³-hybridized carbons (Fsp3) is 0.667. The van der Waals surface area contributed by atoms with Crippen LogP contribution < -0.4 is 10.6 Å². The molecule has 3 unspecified atom stereocenters. The van der Waals surface area contributed by atoms with Crippen LogP contribution in [0.2, 0.25) is 0 Å². The molecule has 3 nitrogen and oxygen atoms in total. The highest BCUT2D eigenvalue weighted by Gasteiger charge is 2.24. The number of nitrogens with zero attached hydrogens (tertiary/aromatic N) is 2. The van der Waals surface area contributed by atoms with Crippen LogP contribution in [-0.2, 0) is 0 Å². The second-order valence-electron chi connectivity index (χ2n) is 7.08. The Morgan fingerprint density at radius 2 is 1.71 bits per heavy atom. The van der Waals surface area contributed by atoms with Gasteiger partial charge in [0.15, 0.2) is 0 Å². The topological polar surface area (TPSA) is 32.5 Å². The fourth-order valence-corrected chi connectivity index (χ4v) is 3.61. The quantitative estimate of drug-likeness (QED) is 0.904. The molecule has 0 bridgehead atoms. The van der Waals surface area contributed by atoms with E-state index >= 15 is 0 Å². The van der Waals surface area contributed by atoms with Crippen LogP contribution in [0.15, 0.2) is 24.3 Å². The van der Waals surface area contributed by atoms with Crippen LogP contribution >= 0.6 is 0 Å². The van der Waals surface area contributed by atoms with Gasteiger partial charge >= 0.3 is 0 Å². The minimum absolute atomic E-state index is 0.443. The van der Waals surface area contributed by atoms with Crippen LogP contribution in [-0.4, -0.2) is 45.2 Å². The van der Waals surface area contributed by atoms with E-state index in [9.17, 15) is 0 Å². The zero-order valence-corrected chi connectivity index (χ0v) is 14.0. The molecule has 1 aromatic carbocycles. The van der Waals surface area contributed by atoms with Gasteiger partial charge in [-0.3, -0.25) is 0 Å². The third-order valence-corrected chi connectivity index (χ3v) is 4.59. The third-order valence-electron chi connectivity index (χ3n) is 4.59. The first-order valence-corrected chi connectivity index (χ1v) is 8.19. The minimum Gasteiger partial charge on any atom is -0.378 e. The van der Waals surface area contributed by atoms with Gasteiger partial charge in [0.2, 0.25) is 0 Å². The van der Waals surface area contributed by atoms with E-state index in [4.69, 9.17) is 5.73 Å². The lowest BCUT2D eigenvalue weighted by Crippen LogP contribution is -2.41. The van der Waals surface area contributed by atoms with E-state index < -0.39 is 0 Å². The Bertz CT molecular complexity index is 417. The Labute approximate surface area is 130 Å². The van der Waals surface area contributed by atoms with Gasteiger partial charge in [-0.05, 0) is 36.0 Å². The lowest BCUT2D eigenvalue weighted by Gasteiger charge is -2.37. The standard InChI is InChI=1S/C18H31N3/c1-14-9-15(2)12-21(11-14)13-17(10-19)16-5-7-18(8-6-16)20(3)4/h5-8,14-15,17H,9-13,19H2,1-4H3. The van der Waals surface area contributed by atoms with Gasteiger partial charge in [-0.15, -0.1) is 0 Å². The Hall–Kier alpha value is -1.06. The molecule has 1 aromatic rings. The average molecular weight is 289 g/mol. The highest BCUT2D eigenvalue weighted by Crippen LogP contribution is 2.25. The minimum atomic E-state index is 0.443. The van der Waals surface area contributed by atoms with Crippen LogP contribution in [0.5, 0.6) is 0 Å². The van der Waals surface area contributed by atoms with Crippen molar-refractivity contribution in [2.75, 3.05) is 45.2 Å². The second kappa shape index (κ2) is 7.28. The van der Waals surface area contributed by atoms with Crippen molar-refractivity contribution in [3.63, 3.8) is 0 Å². The summed E-state index contributed by atoms with van der Waals surface area (Å²) in [6.07, 6.45) is 1.36. The molecule has 118 valence electrons. The Kier molecular flexibility index (Phi) is 5.65. The molecule has 0 amide bonds. The molecule has 1 heterocycles. The maximum absolute atomic E-state index is 6.05. The molecule has 0 aliphatic carbocycles. The zero-order valence-electron chi connectivity index (χ0n) is 14.0. The highest BCUT2D eigenvalue weighted by molar-refractivity contribution is 5.46. The van der Waals surface area contributed by atoms with E-state index in [2.05, 4.69) is 62.0 Å². The number of nitrogens with two attached hydrogens (primary N) is 1. The second-order valence-corrected chi connectivity index (χ2v) is 7.08. The maximum atomic E-state index is 6.05. The van der Waals surface area contributed by atoms with E-state index in [-0.39, 0.29) is 0 Å². The summed E-state index contributed by atoms with van der Waals surface area (Å²) < 4.78 is 0. The van der Waals surface area contributed by atoms with Gasteiger partial charge in [0.05, 0.1) is 0 Å². The van der Waals surface area contributed by atoms with Gasteiger partial charge < -0.3 is 15.5 Å². The van der Waals surface area contributed by atoms with E-state index in [0.29, 0.717) is 5.92 Å². The molecule has 0 radical (unpaired) electrons. The maximum Gasteiger partial charge on any atom is 0.0361 e. The molecule has 2 N–H and O–H groups in total. The molecule has 1 aliphatic rings. The Morgan fingerprint density at radius 3 is 2.19 bits per heavy atom. The van der Waals surface area contributed by atoms with E-state index in [0.717, 1.165) is 24.9 Å². The lowest BCUT2D eigenvalue weighted by molar-refractivity contribution is 0.134. The van der Waals surface area contributed by atoms with Crippen molar-refractivity contribution >= 4 is 5.69 Å². The predicted octanol–water partition coefficient (Wildman–Crippen LogP) is 2.77.